The molecule has 0 fully saturated rings. The van der Waals surface area contributed by atoms with Gasteiger partial charge in [0, 0.05) is 29.5 Å². The predicted octanol–water partition coefficient (Wildman–Crippen LogP) is 3.95. The fourth-order valence-electron chi connectivity index (χ4n) is 3.00. The Morgan fingerprint density at radius 1 is 0.800 bits per heavy atom. The molecule has 0 aliphatic carbocycles. The first-order valence-electron chi connectivity index (χ1n) is 9.52. The third-order valence-corrected chi connectivity index (χ3v) is 4.60. The SMILES string of the molecule is N#Cc1ccc(OCC(N)COc2cncc(-c3ccc4cnccc4c3)c2)cc1. The molecule has 0 saturated carbocycles. The van der Waals surface area contributed by atoms with Crippen LogP contribution >= 0.6 is 0 Å². The van der Waals surface area contributed by atoms with E-state index in [1.807, 2.05) is 36.7 Å². The average molecular weight is 396 g/mol. The molecule has 0 spiro atoms. The average Bonchev–Trinajstić information content (AvgIpc) is 2.81. The summed E-state index contributed by atoms with van der Waals surface area (Å²) in [5.74, 6) is 1.32. The molecule has 30 heavy (non-hydrogen) atoms. The second-order valence-electron chi connectivity index (χ2n) is 6.87. The largest absolute Gasteiger partial charge is 0.492 e. The number of pyridine rings is 2. The van der Waals surface area contributed by atoms with Crippen molar-refractivity contribution in [2.45, 2.75) is 6.04 Å². The van der Waals surface area contributed by atoms with E-state index in [9.17, 15) is 0 Å². The molecule has 4 rings (SSSR count). The van der Waals surface area contributed by atoms with Crippen molar-refractivity contribution in [2.75, 3.05) is 13.2 Å². The molecule has 0 saturated heterocycles. The number of rotatable bonds is 7. The fraction of sp³-hybridized carbons (Fsp3) is 0.125. The molecule has 0 radical (unpaired) electrons. The Balaban J connectivity index is 1.36. The van der Waals surface area contributed by atoms with E-state index < -0.39 is 0 Å². The predicted molar refractivity (Wildman–Crippen MR) is 115 cm³/mol. The molecule has 0 bridgehead atoms. The number of fused-ring (bicyclic) bond motifs is 1. The number of benzene rings is 2. The number of ether oxygens (including phenoxy) is 2. The van der Waals surface area contributed by atoms with Crippen LogP contribution in [0, 0.1) is 11.3 Å². The van der Waals surface area contributed by atoms with Gasteiger partial charge in [0.05, 0.1) is 23.9 Å². The zero-order valence-electron chi connectivity index (χ0n) is 16.2. The Kier molecular flexibility index (Phi) is 5.83. The minimum Gasteiger partial charge on any atom is -0.492 e. The molecular formula is C24H20N4O2. The standard InChI is InChI=1S/C24H20N4O2/c25-11-17-1-5-23(6-2-17)29-15-22(26)16-30-24-10-21(13-28-14-24)18-3-4-20-12-27-8-7-19(20)9-18/h1-10,12-14,22H,15-16,26H2. The number of aromatic nitrogens is 2. The van der Waals surface area contributed by atoms with Crippen molar-refractivity contribution in [3.63, 3.8) is 0 Å². The van der Waals surface area contributed by atoms with E-state index in [-0.39, 0.29) is 6.04 Å². The van der Waals surface area contributed by atoms with Crippen molar-refractivity contribution in [2.24, 2.45) is 5.73 Å². The molecule has 6 heteroatoms. The Hall–Kier alpha value is -3.95. The topological polar surface area (TPSA) is 94.0 Å². The zero-order valence-corrected chi connectivity index (χ0v) is 16.2. The lowest BCUT2D eigenvalue weighted by Gasteiger charge is -2.15. The van der Waals surface area contributed by atoms with Gasteiger partial charge >= 0.3 is 0 Å². The first-order valence-corrected chi connectivity index (χ1v) is 9.52. The Bertz CT molecular complexity index is 1190. The van der Waals surface area contributed by atoms with Crippen molar-refractivity contribution in [1.82, 2.24) is 9.97 Å². The third-order valence-electron chi connectivity index (χ3n) is 4.60. The van der Waals surface area contributed by atoms with Crippen molar-refractivity contribution >= 4 is 10.8 Å². The highest BCUT2D eigenvalue weighted by Crippen LogP contribution is 2.26. The number of hydrogen-bond donors (Lipinski definition) is 1. The molecule has 4 aromatic rings. The highest BCUT2D eigenvalue weighted by atomic mass is 16.5. The minimum atomic E-state index is -0.308. The van der Waals surface area contributed by atoms with Crippen LogP contribution in [0.15, 0.2) is 79.4 Å². The van der Waals surface area contributed by atoms with Gasteiger partial charge in [0.1, 0.15) is 24.7 Å². The molecule has 2 heterocycles. The fourth-order valence-corrected chi connectivity index (χ4v) is 3.00. The lowest BCUT2D eigenvalue weighted by molar-refractivity contribution is 0.220. The summed E-state index contributed by atoms with van der Waals surface area (Å²) in [6.45, 7) is 0.600. The maximum atomic E-state index is 8.83. The van der Waals surface area contributed by atoms with Crippen molar-refractivity contribution in [3.8, 4) is 28.7 Å². The van der Waals surface area contributed by atoms with E-state index in [4.69, 9.17) is 20.5 Å². The van der Waals surface area contributed by atoms with E-state index >= 15 is 0 Å². The highest BCUT2D eigenvalue weighted by molar-refractivity contribution is 5.86. The van der Waals surface area contributed by atoms with Crippen molar-refractivity contribution in [1.29, 1.82) is 5.26 Å². The maximum absolute atomic E-state index is 8.83. The molecule has 1 atom stereocenters. The minimum absolute atomic E-state index is 0.296. The second-order valence-corrected chi connectivity index (χ2v) is 6.87. The van der Waals surface area contributed by atoms with Crippen LogP contribution in [0.4, 0.5) is 0 Å². The van der Waals surface area contributed by atoms with Crippen LogP contribution in [-0.4, -0.2) is 29.2 Å². The van der Waals surface area contributed by atoms with Gasteiger partial charge in [-0.2, -0.15) is 5.26 Å². The van der Waals surface area contributed by atoms with Crippen LogP contribution in [-0.2, 0) is 0 Å². The third kappa shape index (κ3) is 4.72. The van der Waals surface area contributed by atoms with Crippen LogP contribution in [0.25, 0.3) is 21.9 Å². The molecule has 0 aliphatic heterocycles. The van der Waals surface area contributed by atoms with Gasteiger partial charge in [0.25, 0.3) is 0 Å². The summed E-state index contributed by atoms with van der Waals surface area (Å²) in [4.78, 5) is 8.44. The summed E-state index contributed by atoms with van der Waals surface area (Å²) in [7, 11) is 0. The lowest BCUT2D eigenvalue weighted by atomic mass is 10.0. The summed E-state index contributed by atoms with van der Waals surface area (Å²) < 4.78 is 11.5. The van der Waals surface area contributed by atoms with Crippen LogP contribution < -0.4 is 15.2 Å². The van der Waals surface area contributed by atoms with E-state index in [0.717, 1.165) is 21.9 Å². The maximum Gasteiger partial charge on any atom is 0.138 e. The normalized spacial score (nSPS) is 11.6. The lowest BCUT2D eigenvalue weighted by Crippen LogP contribution is -2.34. The quantitative estimate of drug-likeness (QED) is 0.508. The van der Waals surface area contributed by atoms with E-state index in [0.29, 0.717) is 30.3 Å². The molecule has 0 amide bonds. The van der Waals surface area contributed by atoms with E-state index in [2.05, 4.69) is 22.1 Å². The smallest absolute Gasteiger partial charge is 0.138 e. The van der Waals surface area contributed by atoms with Crippen LogP contribution in [0.5, 0.6) is 11.5 Å². The molecule has 2 aromatic heterocycles. The monoisotopic (exact) mass is 396 g/mol. The van der Waals surface area contributed by atoms with Crippen molar-refractivity contribution < 1.29 is 9.47 Å². The summed E-state index contributed by atoms with van der Waals surface area (Å²) >= 11 is 0. The molecule has 2 N–H and O–H groups in total. The number of nitrogens with zero attached hydrogens (tertiary/aromatic N) is 3. The Labute approximate surface area is 174 Å². The Morgan fingerprint density at radius 3 is 2.40 bits per heavy atom. The molecule has 2 aromatic carbocycles. The van der Waals surface area contributed by atoms with Crippen LogP contribution in [0.3, 0.4) is 0 Å². The molecule has 1 unspecified atom stereocenters. The van der Waals surface area contributed by atoms with Crippen LogP contribution in [0.2, 0.25) is 0 Å². The van der Waals surface area contributed by atoms with Gasteiger partial charge in [0.15, 0.2) is 0 Å². The van der Waals surface area contributed by atoms with Gasteiger partial charge < -0.3 is 15.2 Å². The highest BCUT2D eigenvalue weighted by Gasteiger charge is 2.07. The molecule has 0 aliphatic rings. The van der Waals surface area contributed by atoms with Crippen LogP contribution in [0.1, 0.15) is 5.56 Å². The summed E-state index contributed by atoms with van der Waals surface area (Å²) in [6, 6.07) is 18.8. The van der Waals surface area contributed by atoms with Gasteiger partial charge in [-0.25, -0.2) is 0 Å². The first-order chi connectivity index (χ1) is 14.7. The van der Waals surface area contributed by atoms with Gasteiger partial charge in [-0.3, -0.25) is 9.97 Å². The number of nitriles is 1. The van der Waals surface area contributed by atoms with Gasteiger partial charge in [-0.1, -0.05) is 12.1 Å². The summed E-state index contributed by atoms with van der Waals surface area (Å²) in [6.07, 6.45) is 7.11. The second kappa shape index (κ2) is 9.03. The molecule has 6 nitrogen and oxygen atoms in total. The summed E-state index contributed by atoms with van der Waals surface area (Å²) in [5, 5.41) is 11.0. The zero-order chi connectivity index (χ0) is 20.8. The number of nitrogens with two attached hydrogens (primary N) is 1. The Morgan fingerprint density at radius 2 is 1.60 bits per heavy atom. The number of hydrogen-bond acceptors (Lipinski definition) is 6. The summed E-state index contributed by atoms with van der Waals surface area (Å²) in [5.41, 5.74) is 8.72. The first kappa shape index (κ1) is 19.4. The van der Waals surface area contributed by atoms with Gasteiger partial charge in [-0.15, -0.1) is 0 Å². The van der Waals surface area contributed by atoms with Crippen molar-refractivity contribution in [3.05, 3.63) is 84.9 Å². The van der Waals surface area contributed by atoms with Gasteiger partial charge in [-0.05, 0) is 53.4 Å². The molecular weight excluding hydrogens is 376 g/mol. The molecule has 148 valence electrons. The van der Waals surface area contributed by atoms with Gasteiger partial charge in [0.2, 0.25) is 0 Å². The van der Waals surface area contributed by atoms with E-state index in [1.54, 1.807) is 36.7 Å². The van der Waals surface area contributed by atoms with E-state index in [1.165, 1.54) is 0 Å².